The lowest BCUT2D eigenvalue weighted by Crippen LogP contribution is -1.96. The number of fused-ring (bicyclic) bond motifs is 1. The molecule has 0 aliphatic carbocycles. The molecule has 0 saturated heterocycles. The lowest BCUT2D eigenvalue weighted by atomic mass is 10.2. The normalized spacial score (nSPS) is 11.0. The minimum Gasteiger partial charge on any atom is -0.497 e. The standard InChI is InChI=1S/C14H12BrNO2/c1-17-11-2-4-13-10(8-11)6-7-16(13)9-12-3-5-14(15)18-12/h2-8H,9H2,1H3. The highest BCUT2D eigenvalue weighted by molar-refractivity contribution is 9.10. The summed E-state index contributed by atoms with van der Waals surface area (Å²) in [6.45, 7) is 0.724. The topological polar surface area (TPSA) is 27.3 Å². The summed E-state index contributed by atoms with van der Waals surface area (Å²) < 4.78 is 13.7. The Labute approximate surface area is 113 Å². The van der Waals surface area contributed by atoms with Gasteiger partial charge in [-0.2, -0.15) is 0 Å². The van der Waals surface area contributed by atoms with Crippen molar-refractivity contribution in [2.75, 3.05) is 7.11 Å². The number of nitrogens with zero attached hydrogens (tertiary/aromatic N) is 1. The first-order chi connectivity index (χ1) is 8.76. The molecule has 0 aliphatic heterocycles. The highest BCUT2D eigenvalue weighted by Gasteiger charge is 2.05. The Morgan fingerprint density at radius 1 is 1.22 bits per heavy atom. The first kappa shape index (κ1) is 11.4. The van der Waals surface area contributed by atoms with Gasteiger partial charge in [0.2, 0.25) is 0 Å². The van der Waals surface area contributed by atoms with Crippen molar-refractivity contribution in [3.05, 3.63) is 53.0 Å². The average Bonchev–Trinajstić information content (AvgIpc) is 2.96. The van der Waals surface area contributed by atoms with Gasteiger partial charge in [-0.25, -0.2) is 0 Å². The summed E-state index contributed by atoms with van der Waals surface area (Å²) in [5.74, 6) is 1.80. The van der Waals surface area contributed by atoms with Crippen LogP contribution in [0.15, 0.2) is 51.7 Å². The summed E-state index contributed by atoms with van der Waals surface area (Å²) >= 11 is 3.31. The van der Waals surface area contributed by atoms with Gasteiger partial charge in [0.15, 0.2) is 4.67 Å². The van der Waals surface area contributed by atoms with Crippen molar-refractivity contribution >= 4 is 26.8 Å². The molecule has 0 radical (unpaired) electrons. The molecule has 4 heteroatoms. The summed E-state index contributed by atoms with van der Waals surface area (Å²) in [4.78, 5) is 0. The molecule has 0 spiro atoms. The summed E-state index contributed by atoms with van der Waals surface area (Å²) in [6.07, 6.45) is 2.06. The van der Waals surface area contributed by atoms with Crippen LogP contribution in [0.2, 0.25) is 0 Å². The van der Waals surface area contributed by atoms with Crippen LogP contribution < -0.4 is 4.74 Å². The molecule has 3 aromatic rings. The highest BCUT2D eigenvalue weighted by atomic mass is 79.9. The summed E-state index contributed by atoms with van der Waals surface area (Å²) in [7, 11) is 1.68. The van der Waals surface area contributed by atoms with Crippen LogP contribution in [-0.2, 0) is 6.54 Å². The van der Waals surface area contributed by atoms with Gasteiger partial charge in [0.1, 0.15) is 11.5 Å². The van der Waals surface area contributed by atoms with Crippen molar-refractivity contribution in [2.45, 2.75) is 6.54 Å². The van der Waals surface area contributed by atoms with Crippen molar-refractivity contribution in [1.82, 2.24) is 4.57 Å². The summed E-state index contributed by atoms with van der Waals surface area (Å²) in [5.41, 5.74) is 1.17. The van der Waals surface area contributed by atoms with E-state index in [1.807, 2.05) is 24.3 Å². The maximum absolute atomic E-state index is 5.52. The maximum atomic E-state index is 5.52. The van der Waals surface area contributed by atoms with E-state index in [4.69, 9.17) is 9.15 Å². The van der Waals surface area contributed by atoms with Crippen molar-refractivity contribution < 1.29 is 9.15 Å². The van der Waals surface area contributed by atoms with E-state index in [9.17, 15) is 0 Å². The van der Waals surface area contributed by atoms with Gasteiger partial charge in [-0.15, -0.1) is 0 Å². The zero-order valence-electron chi connectivity index (χ0n) is 9.89. The van der Waals surface area contributed by atoms with Crippen LogP contribution in [0.1, 0.15) is 5.76 Å². The third-order valence-electron chi connectivity index (χ3n) is 2.93. The Bertz CT molecular complexity index is 684. The van der Waals surface area contributed by atoms with Crippen LogP contribution in [0.3, 0.4) is 0 Å². The minimum absolute atomic E-state index is 0.724. The predicted octanol–water partition coefficient (Wildman–Crippen LogP) is 4.05. The number of furan rings is 1. The number of methoxy groups -OCH3 is 1. The Balaban J connectivity index is 1.97. The zero-order chi connectivity index (χ0) is 12.5. The van der Waals surface area contributed by atoms with E-state index in [1.165, 1.54) is 10.9 Å². The molecule has 0 atom stereocenters. The Morgan fingerprint density at radius 3 is 2.83 bits per heavy atom. The van der Waals surface area contributed by atoms with E-state index >= 15 is 0 Å². The van der Waals surface area contributed by atoms with Gasteiger partial charge in [0.25, 0.3) is 0 Å². The molecule has 0 saturated carbocycles. The molecule has 3 nitrogen and oxygen atoms in total. The second kappa shape index (κ2) is 4.53. The number of halogens is 1. The first-order valence-electron chi connectivity index (χ1n) is 5.63. The monoisotopic (exact) mass is 305 g/mol. The molecule has 18 heavy (non-hydrogen) atoms. The number of ether oxygens (including phenoxy) is 1. The van der Waals surface area contributed by atoms with Crippen LogP contribution >= 0.6 is 15.9 Å². The number of hydrogen-bond acceptors (Lipinski definition) is 2. The third kappa shape index (κ3) is 2.04. The molecule has 0 bridgehead atoms. The second-order valence-electron chi connectivity index (χ2n) is 4.07. The Hall–Kier alpha value is -1.68. The largest absolute Gasteiger partial charge is 0.497 e. The quantitative estimate of drug-likeness (QED) is 0.730. The van der Waals surface area contributed by atoms with Crippen molar-refractivity contribution in [1.29, 1.82) is 0 Å². The maximum Gasteiger partial charge on any atom is 0.169 e. The molecular formula is C14H12BrNO2. The summed E-state index contributed by atoms with van der Waals surface area (Å²) in [6, 6.07) is 12.0. The molecule has 2 aromatic heterocycles. The molecule has 1 aromatic carbocycles. The number of aromatic nitrogens is 1. The van der Waals surface area contributed by atoms with Gasteiger partial charge >= 0.3 is 0 Å². The number of benzene rings is 1. The molecule has 0 unspecified atom stereocenters. The van der Waals surface area contributed by atoms with Gasteiger partial charge in [-0.05, 0) is 52.3 Å². The zero-order valence-corrected chi connectivity index (χ0v) is 11.5. The van der Waals surface area contributed by atoms with Crippen molar-refractivity contribution in [2.24, 2.45) is 0 Å². The molecule has 0 fully saturated rings. The Morgan fingerprint density at radius 2 is 2.11 bits per heavy atom. The van der Waals surface area contributed by atoms with Crippen LogP contribution in [0.25, 0.3) is 10.9 Å². The van der Waals surface area contributed by atoms with E-state index < -0.39 is 0 Å². The van der Waals surface area contributed by atoms with Gasteiger partial charge in [0.05, 0.1) is 13.7 Å². The molecule has 0 amide bonds. The van der Waals surface area contributed by atoms with Gasteiger partial charge in [-0.1, -0.05) is 0 Å². The number of hydrogen-bond donors (Lipinski definition) is 0. The van der Waals surface area contributed by atoms with Gasteiger partial charge in [-0.3, -0.25) is 0 Å². The average molecular weight is 306 g/mol. The first-order valence-corrected chi connectivity index (χ1v) is 6.42. The van der Waals surface area contributed by atoms with Crippen molar-refractivity contribution in [3.8, 4) is 5.75 Å². The predicted molar refractivity (Wildman–Crippen MR) is 74.0 cm³/mol. The molecule has 0 N–H and O–H groups in total. The molecule has 0 aliphatic rings. The van der Waals surface area contributed by atoms with E-state index in [2.05, 4.69) is 38.8 Å². The highest BCUT2D eigenvalue weighted by Crippen LogP contribution is 2.23. The Kier molecular flexibility index (Phi) is 2.88. The molecule has 3 rings (SSSR count). The van der Waals surface area contributed by atoms with E-state index in [-0.39, 0.29) is 0 Å². The third-order valence-corrected chi connectivity index (χ3v) is 3.36. The van der Waals surface area contributed by atoms with E-state index in [1.54, 1.807) is 7.11 Å². The fourth-order valence-corrected chi connectivity index (χ4v) is 2.39. The second-order valence-corrected chi connectivity index (χ2v) is 4.86. The lowest BCUT2D eigenvalue weighted by Gasteiger charge is -2.04. The van der Waals surface area contributed by atoms with Crippen LogP contribution in [0, 0.1) is 0 Å². The van der Waals surface area contributed by atoms with Crippen LogP contribution in [0.4, 0.5) is 0 Å². The molecular weight excluding hydrogens is 294 g/mol. The molecule has 92 valence electrons. The van der Waals surface area contributed by atoms with Crippen LogP contribution in [-0.4, -0.2) is 11.7 Å². The smallest absolute Gasteiger partial charge is 0.169 e. The molecule has 2 heterocycles. The fraction of sp³-hybridized carbons (Fsp3) is 0.143. The van der Waals surface area contributed by atoms with Crippen LogP contribution in [0.5, 0.6) is 5.75 Å². The number of rotatable bonds is 3. The lowest BCUT2D eigenvalue weighted by molar-refractivity contribution is 0.415. The van der Waals surface area contributed by atoms with E-state index in [0.29, 0.717) is 0 Å². The van der Waals surface area contributed by atoms with E-state index in [0.717, 1.165) is 22.7 Å². The summed E-state index contributed by atoms with van der Waals surface area (Å²) in [5, 5.41) is 1.17. The van der Waals surface area contributed by atoms with Gasteiger partial charge in [0, 0.05) is 17.1 Å². The van der Waals surface area contributed by atoms with Crippen molar-refractivity contribution in [3.63, 3.8) is 0 Å². The minimum atomic E-state index is 0.724. The fourth-order valence-electron chi connectivity index (χ4n) is 2.05. The van der Waals surface area contributed by atoms with Gasteiger partial charge < -0.3 is 13.7 Å². The SMILES string of the molecule is COc1ccc2c(ccn2Cc2ccc(Br)o2)c1.